The minimum absolute atomic E-state index is 0.178. The van der Waals surface area contributed by atoms with Gasteiger partial charge >= 0.3 is 0 Å². The molecule has 1 rings (SSSR count). The van der Waals surface area contributed by atoms with Crippen LogP contribution in [0.4, 0.5) is 0 Å². The van der Waals surface area contributed by atoms with Gasteiger partial charge in [0.2, 0.25) is 0 Å². The van der Waals surface area contributed by atoms with Crippen molar-refractivity contribution in [1.29, 1.82) is 0 Å². The van der Waals surface area contributed by atoms with Gasteiger partial charge in [0.15, 0.2) is 9.04 Å². The fraction of sp³-hybridized carbons (Fsp3) is 0.286. The first kappa shape index (κ1) is 12.9. The van der Waals surface area contributed by atoms with Crippen LogP contribution in [0.2, 0.25) is 12.1 Å². The largest absolute Gasteiger partial charge is 0.413 e. The van der Waals surface area contributed by atoms with Crippen molar-refractivity contribution in [2.75, 3.05) is 0 Å². The van der Waals surface area contributed by atoms with Crippen molar-refractivity contribution >= 4 is 9.04 Å². The van der Waals surface area contributed by atoms with Crippen LogP contribution < -0.4 is 0 Å². The molecule has 1 unspecified atom stereocenters. The van der Waals surface area contributed by atoms with Crippen molar-refractivity contribution < 1.29 is 4.43 Å². The molecular formula is C14H20OSi. The number of benzene rings is 1. The zero-order valence-corrected chi connectivity index (χ0v) is 11.1. The molecule has 1 atom stereocenters. The van der Waals surface area contributed by atoms with Gasteiger partial charge in [0.05, 0.1) is 6.10 Å². The van der Waals surface area contributed by atoms with Crippen molar-refractivity contribution in [1.82, 2.24) is 0 Å². The van der Waals surface area contributed by atoms with Gasteiger partial charge in [-0.15, -0.1) is 13.2 Å². The van der Waals surface area contributed by atoms with Crippen LogP contribution in [0.25, 0.3) is 0 Å². The van der Waals surface area contributed by atoms with Crippen molar-refractivity contribution in [3.8, 4) is 0 Å². The van der Waals surface area contributed by atoms with Crippen LogP contribution >= 0.6 is 0 Å². The Morgan fingerprint density at radius 3 is 2.25 bits per heavy atom. The second-order valence-electron chi connectivity index (χ2n) is 3.86. The van der Waals surface area contributed by atoms with Gasteiger partial charge in [-0.1, -0.05) is 42.5 Å². The van der Waals surface area contributed by atoms with Gasteiger partial charge in [-0.25, -0.2) is 0 Å². The predicted octanol–water partition coefficient (Wildman–Crippen LogP) is 3.86. The lowest BCUT2D eigenvalue weighted by Crippen LogP contribution is -2.18. The third-order valence-corrected chi connectivity index (χ3v) is 5.04. The molecule has 16 heavy (non-hydrogen) atoms. The molecule has 0 aliphatic carbocycles. The lowest BCUT2D eigenvalue weighted by atomic mass is 10.1. The lowest BCUT2D eigenvalue weighted by molar-refractivity contribution is 0.228. The monoisotopic (exact) mass is 232 g/mol. The highest BCUT2D eigenvalue weighted by atomic mass is 28.3. The number of allylic oxidation sites excluding steroid dienone is 2. The first-order valence-corrected chi connectivity index (χ1v) is 7.80. The molecule has 0 heterocycles. The summed E-state index contributed by atoms with van der Waals surface area (Å²) in [4.78, 5) is 0. The molecule has 0 fully saturated rings. The Morgan fingerprint density at radius 2 is 1.75 bits per heavy atom. The molecule has 1 aromatic rings. The molecule has 1 nitrogen and oxygen atoms in total. The van der Waals surface area contributed by atoms with E-state index in [4.69, 9.17) is 4.43 Å². The Morgan fingerprint density at radius 1 is 1.19 bits per heavy atom. The molecule has 0 radical (unpaired) electrons. The van der Waals surface area contributed by atoms with E-state index >= 15 is 0 Å². The topological polar surface area (TPSA) is 9.23 Å². The Labute approximate surface area is 100 Å². The maximum absolute atomic E-state index is 6.11. The molecule has 0 saturated carbocycles. The molecule has 86 valence electrons. The minimum Gasteiger partial charge on any atom is -0.413 e. The van der Waals surface area contributed by atoms with Crippen molar-refractivity contribution in [2.24, 2.45) is 0 Å². The molecule has 0 spiro atoms. The van der Waals surface area contributed by atoms with Crippen LogP contribution in [-0.4, -0.2) is 9.04 Å². The highest BCUT2D eigenvalue weighted by Crippen LogP contribution is 2.19. The highest BCUT2D eigenvalue weighted by molar-refractivity contribution is 6.52. The average Bonchev–Trinajstić information content (AvgIpc) is 2.31. The van der Waals surface area contributed by atoms with Gasteiger partial charge in [0, 0.05) is 0 Å². The number of hydrogen-bond donors (Lipinski definition) is 0. The summed E-state index contributed by atoms with van der Waals surface area (Å²) in [6, 6.07) is 12.3. The summed E-state index contributed by atoms with van der Waals surface area (Å²) in [5, 5.41) is 0. The molecule has 0 aromatic heterocycles. The zero-order valence-electron chi connectivity index (χ0n) is 9.93. The van der Waals surface area contributed by atoms with Gasteiger partial charge in [-0.2, -0.15) is 0 Å². The lowest BCUT2D eigenvalue weighted by Gasteiger charge is -2.20. The summed E-state index contributed by atoms with van der Waals surface area (Å²) in [5.41, 5.74) is 1.24. The van der Waals surface area contributed by atoms with E-state index in [0.717, 1.165) is 12.1 Å². The maximum Gasteiger partial charge on any atom is 0.185 e. The van der Waals surface area contributed by atoms with Gasteiger partial charge < -0.3 is 4.43 Å². The summed E-state index contributed by atoms with van der Waals surface area (Å²) < 4.78 is 6.11. The highest BCUT2D eigenvalue weighted by Gasteiger charge is 2.13. The van der Waals surface area contributed by atoms with Crippen LogP contribution in [0.1, 0.15) is 18.6 Å². The minimum atomic E-state index is -1.20. The number of rotatable bonds is 7. The van der Waals surface area contributed by atoms with E-state index in [-0.39, 0.29) is 6.10 Å². The fourth-order valence-electron chi connectivity index (χ4n) is 1.67. The molecule has 0 saturated heterocycles. The molecule has 1 aromatic carbocycles. The normalized spacial score (nSPS) is 12.4. The van der Waals surface area contributed by atoms with Crippen LogP contribution in [-0.2, 0) is 4.43 Å². The molecule has 0 aliphatic heterocycles. The van der Waals surface area contributed by atoms with Gasteiger partial charge in [-0.3, -0.25) is 0 Å². The Balaban J connectivity index is 2.57. The van der Waals surface area contributed by atoms with E-state index in [1.165, 1.54) is 5.56 Å². The Hall–Kier alpha value is -1.12. The summed E-state index contributed by atoms with van der Waals surface area (Å²) >= 11 is 0. The smallest absolute Gasteiger partial charge is 0.185 e. The van der Waals surface area contributed by atoms with Crippen molar-refractivity contribution in [3.63, 3.8) is 0 Å². The Kier molecular flexibility index (Phi) is 5.82. The quantitative estimate of drug-likeness (QED) is 0.512. The zero-order chi connectivity index (χ0) is 11.8. The summed E-state index contributed by atoms with van der Waals surface area (Å²) in [5.74, 6) is 0. The average molecular weight is 232 g/mol. The van der Waals surface area contributed by atoms with Crippen LogP contribution in [0, 0.1) is 0 Å². The fourth-order valence-corrected chi connectivity index (χ4v) is 3.56. The van der Waals surface area contributed by atoms with Crippen molar-refractivity contribution in [2.45, 2.75) is 25.1 Å². The third-order valence-electron chi connectivity index (χ3n) is 2.52. The van der Waals surface area contributed by atoms with Crippen molar-refractivity contribution in [3.05, 3.63) is 61.2 Å². The summed E-state index contributed by atoms with van der Waals surface area (Å²) in [6.45, 7) is 9.68. The van der Waals surface area contributed by atoms with E-state index < -0.39 is 9.04 Å². The summed E-state index contributed by atoms with van der Waals surface area (Å²) in [6.07, 6.45) is 4.09. The molecule has 0 bridgehead atoms. The van der Waals surface area contributed by atoms with Gasteiger partial charge in [0.25, 0.3) is 0 Å². The molecule has 2 heteroatoms. The molecular weight excluding hydrogens is 212 g/mol. The second kappa shape index (κ2) is 7.20. The molecule has 0 aliphatic rings. The van der Waals surface area contributed by atoms with E-state index in [1.807, 2.05) is 30.4 Å². The van der Waals surface area contributed by atoms with E-state index in [0.29, 0.717) is 0 Å². The van der Waals surface area contributed by atoms with Crippen LogP contribution in [0.3, 0.4) is 0 Å². The van der Waals surface area contributed by atoms with Crippen LogP contribution in [0.5, 0.6) is 0 Å². The van der Waals surface area contributed by atoms with Gasteiger partial charge in [0.1, 0.15) is 0 Å². The first-order chi connectivity index (χ1) is 7.77. The van der Waals surface area contributed by atoms with E-state index in [1.54, 1.807) is 0 Å². The van der Waals surface area contributed by atoms with E-state index in [2.05, 4.69) is 32.2 Å². The maximum atomic E-state index is 6.11. The Bertz CT molecular complexity index is 311. The number of hydrogen-bond acceptors (Lipinski definition) is 1. The standard InChI is InChI=1S/C14H20OSi/c1-4-11-16(12-5-2)15-13(3)14-9-7-6-8-10-14/h4-10,13,16H,1-2,11-12H2,3H3. The first-order valence-electron chi connectivity index (χ1n) is 5.70. The molecule has 0 amide bonds. The molecule has 0 N–H and O–H groups in total. The SMILES string of the molecule is C=CC[SiH](CC=C)OC(C)c1ccccc1. The summed E-state index contributed by atoms with van der Waals surface area (Å²) in [7, 11) is -1.20. The second-order valence-corrected chi connectivity index (χ2v) is 6.32. The third kappa shape index (κ3) is 4.17. The predicted molar refractivity (Wildman–Crippen MR) is 73.1 cm³/mol. The van der Waals surface area contributed by atoms with Crippen LogP contribution in [0.15, 0.2) is 55.6 Å². The van der Waals surface area contributed by atoms with E-state index in [9.17, 15) is 0 Å². The van der Waals surface area contributed by atoms with Gasteiger partial charge in [-0.05, 0) is 24.6 Å².